The summed E-state index contributed by atoms with van der Waals surface area (Å²) in [6, 6.07) is 8.16. The molecule has 0 spiro atoms. The van der Waals surface area contributed by atoms with Crippen LogP contribution in [0.5, 0.6) is 0 Å². The smallest absolute Gasteiger partial charge is 0.276 e. The average molecular weight is 288 g/mol. The summed E-state index contributed by atoms with van der Waals surface area (Å²) in [7, 11) is 0. The van der Waals surface area contributed by atoms with Gasteiger partial charge in [0.1, 0.15) is 5.70 Å². The molecule has 96 valence electrons. The number of fused-ring (bicyclic) bond motifs is 1. The Kier molecular flexibility index (Phi) is 3.08. The largest absolute Gasteiger partial charge is 0.328 e. The molecule has 2 heterocycles. The fourth-order valence-electron chi connectivity index (χ4n) is 2.12. The summed E-state index contributed by atoms with van der Waals surface area (Å²) in [5.41, 5.74) is 1.60. The van der Waals surface area contributed by atoms with Crippen LogP contribution in [-0.2, 0) is 4.79 Å². The van der Waals surface area contributed by atoms with Crippen LogP contribution in [0, 0.1) is 0 Å². The van der Waals surface area contributed by atoms with Crippen molar-refractivity contribution in [2.45, 2.75) is 6.92 Å². The molecular formula is C14H12N2OS2. The maximum absolute atomic E-state index is 12.1. The van der Waals surface area contributed by atoms with E-state index < -0.39 is 0 Å². The normalized spacial score (nSPS) is 17.5. The second-order valence-corrected chi connectivity index (χ2v) is 5.52. The first-order valence-corrected chi connectivity index (χ1v) is 7.30. The van der Waals surface area contributed by atoms with Gasteiger partial charge in [-0.1, -0.05) is 18.2 Å². The lowest BCUT2D eigenvalue weighted by atomic mass is 10.1. The summed E-state index contributed by atoms with van der Waals surface area (Å²) in [6.45, 7) is 2.50. The van der Waals surface area contributed by atoms with E-state index in [1.165, 1.54) is 4.70 Å². The third kappa shape index (κ3) is 2.05. The van der Waals surface area contributed by atoms with Crippen molar-refractivity contribution >= 4 is 50.7 Å². The summed E-state index contributed by atoms with van der Waals surface area (Å²) < 4.78 is 1.22. The summed E-state index contributed by atoms with van der Waals surface area (Å²) in [6.07, 6.45) is 1.88. The van der Waals surface area contributed by atoms with Crippen LogP contribution in [0.3, 0.4) is 0 Å². The Balaban J connectivity index is 2.03. The molecule has 1 aliphatic rings. The van der Waals surface area contributed by atoms with E-state index >= 15 is 0 Å². The summed E-state index contributed by atoms with van der Waals surface area (Å²) in [5.74, 6) is -0.0530. The number of carbonyl (C=O) groups excluding carboxylic acids is 1. The Morgan fingerprint density at radius 3 is 2.95 bits per heavy atom. The predicted octanol–water partition coefficient (Wildman–Crippen LogP) is 2.98. The predicted molar refractivity (Wildman–Crippen MR) is 82.9 cm³/mol. The zero-order chi connectivity index (χ0) is 13.4. The number of thiophene rings is 1. The third-order valence-corrected chi connectivity index (χ3v) is 4.39. The van der Waals surface area contributed by atoms with Gasteiger partial charge in [0, 0.05) is 11.2 Å². The fraction of sp³-hybridized carbons (Fsp3) is 0.143. The highest BCUT2D eigenvalue weighted by molar-refractivity contribution is 7.80. The average Bonchev–Trinajstić information content (AvgIpc) is 2.93. The highest BCUT2D eigenvalue weighted by Crippen LogP contribution is 2.28. The Morgan fingerprint density at radius 1 is 1.42 bits per heavy atom. The molecule has 1 aromatic heterocycles. The number of likely N-dealkylation sites (N-methyl/N-ethyl adjacent to an activating group) is 1. The fourth-order valence-corrected chi connectivity index (χ4v) is 3.37. The molecule has 1 aliphatic heterocycles. The molecule has 0 unspecified atom stereocenters. The summed E-state index contributed by atoms with van der Waals surface area (Å²) in [5, 5.41) is 6.69. The zero-order valence-electron chi connectivity index (χ0n) is 10.3. The second kappa shape index (κ2) is 4.75. The van der Waals surface area contributed by atoms with Crippen LogP contribution in [0.4, 0.5) is 0 Å². The van der Waals surface area contributed by atoms with Crippen molar-refractivity contribution in [2.24, 2.45) is 0 Å². The van der Waals surface area contributed by atoms with E-state index in [0.29, 0.717) is 17.4 Å². The molecule has 0 aliphatic carbocycles. The van der Waals surface area contributed by atoms with Gasteiger partial charge in [0.2, 0.25) is 0 Å². The van der Waals surface area contributed by atoms with Gasteiger partial charge in [-0.15, -0.1) is 11.3 Å². The van der Waals surface area contributed by atoms with E-state index in [9.17, 15) is 4.79 Å². The van der Waals surface area contributed by atoms with Gasteiger partial charge in [-0.3, -0.25) is 9.69 Å². The lowest BCUT2D eigenvalue weighted by Gasteiger charge is -2.08. The van der Waals surface area contributed by atoms with Crippen LogP contribution in [0.15, 0.2) is 35.3 Å². The molecular weight excluding hydrogens is 276 g/mol. The van der Waals surface area contributed by atoms with Gasteiger partial charge < -0.3 is 5.32 Å². The number of benzene rings is 1. The van der Waals surface area contributed by atoms with E-state index in [4.69, 9.17) is 12.2 Å². The minimum absolute atomic E-state index is 0.0530. The number of thiocarbonyl (C=S) groups is 1. The summed E-state index contributed by atoms with van der Waals surface area (Å²) >= 11 is 6.82. The van der Waals surface area contributed by atoms with Crippen molar-refractivity contribution in [2.75, 3.05) is 6.54 Å². The molecule has 19 heavy (non-hydrogen) atoms. The van der Waals surface area contributed by atoms with Crippen LogP contribution in [0.2, 0.25) is 0 Å². The quantitative estimate of drug-likeness (QED) is 0.681. The zero-order valence-corrected chi connectivity index (χ0v) is 12.0. The van der Waals surface area contributed by atoms with Crippen molar-refractivity contribution in [1.82, 2.24) is 10.2 Å². The van der Waals surface area contributed by atoms with Gasteiger partial charge >= 0.3 is 0 Å². The lowest BCUT2D eigenvalue weighted by Crippen LogP contribution is -2.30. The SMILES string of the molecule is CCN1C(=O)/C(=C/c2csc3ccccc23)NC1=S. The molecule has 3 nitrogen and oxygen atoms in total. The highest BCUT2D eigenvalue weighted by Gasteiger charge is 2.29. The molecule has 2 aromatic rings. The molecule has 0 radical (unpaired) electrons. The molecule has 1 amide bonds. The van der Waals surface area contributed by atoms with Crippen LogP contribution in [0.1, 0.15) is 12.5 Å². The van der Waals surface area contributed by atoms with Crippen LogP contribution >= 0.6 is 23.6 Å². The number of hydrogen-bond donors (Lipinski definition) is 1. The number of amides is 1. The molecule has 1 N–H and O–H groups in total. The van der Waals surface area contributed by atoms with E-state index in [2.05, 4.69) is 22.8 Å². The van der Waals surface area contributed by atoms with Gasteiger partial charge in [-0.05, 0) is 47.6 Å². The molecule has 1 aromatic carbocycles. The van der Waals surface area contributed by atoms with Crippen molar-refractivity contribution in [3.05, 3.63) is 40.9 Å². The lowest BCUT2D eigenvalue weighted by molar-refractivity contribution is -0.122. The highest BCUT2D eigenvalue weighted by atomic mass is 32.1. The van der Waals surface area contributed by atoms with E-state index in [1.54, 1.807) is 16.2 Å². The van der Waals surface area contributed by atoms with Gasteiger partial charge in [0.05, 0.1) is 0 Å². The Morgan fingerprint density at radius 2 is 2.21 bits per heavy atom. The number of nitrogens with one attached hydrogen (secondary N) is 1. The van der Waals surface area contributed by atoms with Crippen molar-refractivity contribution < 1.29 is 4.79 Å². The van der Waals surface area contributed by atoms with Crippen LogP contribution in [-0.4, -0.2) is 22.5 Å². The van der Waals surface area contributed by atoms with E-state index in [0.717, 1.165) is 10.9 Å². The first kappa shape index (κ1) is 12.3. The number of rotatable bonds is 2. The third-order valence-electron chi connectivity index (χ3n) is 3.09. The molecule has 0 saturated carbocycles. The first-order chi connectivity index (χ1) is 9.20. The number of hydrogen-bond acceptors (Lipinski definition) is 3. The summed E-state index contributed by atoms with van der Waals surface area (Å²) in [4.78, 5) is 13.7. The molecule has 0 atom stereocenters. The van der Waals surface area contributed by atoms with Gasteiger partial charge in [-0.2, -0.15) is 0 Å². The van der Waals surface area contributed by atoms with Gasteiger partial charge in [0.25, 0.3) is 5.91 Å². The van der Waals surface area contributed by atoms with Gasteiger partial charge in [0.15, 0.2) is 5.11 Å². The topological polar surface area (TPSA) is 32.3 Å². The van der Waals surface area contributed by atoms with Gasteiger partial charge in [-0.25, -0.2) is 0 Å². The van der Waals surface area contributed by atoms with Crippen molar-refractivity contribution in [3.8, 4) is 0 Å². The van der Waals surface area contributed by atoms with E-state index in [1.807, 2.05) is 25.1 Å². The first-order valence-electron chi connectivity index (χ1n) is 6.01. The van der Waals surface area contributed by atoms with Crippen LogP contribution in [0.25, 0.3) is 16.2 Å². The number of carbonyl (C=O) groups is 1. The van der Waals surface area contributed by atoms with Crippen molar-refractivity contribution in [3.63, 3.8) is 0 Å². The number of nitrogens with zero attached hydrogens (tertiary/aromatic N) is 1. The minimum Gasteiger partial charge on any atom is -0.328 e. The monoisotopic (exact) mass is 288 g/mol. The Labute approximate surface area is 120 Å². The molecule has 1 saturated heterocycles. The Bertz CT molecular complexity index is 702. The molecule has 0 bridgehead atoms. The van der Waals surface area contributed by atoms with Crippen LogP contribution < -0.4 is 5.32 Å². The second-order valence-electron chi connectivity index (χ2n) is 4.22. The minimum atomic E-state index is -0.0530. The molecule has 5 heteroatoms. The van der Waals surface area contributed by atoms with Crippen molar-refractivity contribution in [1.29, 1.82) is 0 Å². The maximum Gasteiger partial charge on any atom is 0.276 e. The Hall–Kier alpha value is -1.72. The maximum atomic E-state index is 12.1. The van der Waals surface area contributed by atoms with E-state index in [-0.39, 0.29) is 5.91 Å². The molecule has 1 fully saturated rings. The molecule has 3 rings (SSSR count). The standard InChI is InChI=1S/C14H12N2OS2/c1-2-16-13(17)11(15-14(16)18)7-9-8-19-12-6-4-3-5-10(9)12/h3-8H,2H2,1H3,(H,15,18)/b11-7-.